The minimum atomic E-state index is -4.84. The number of fused-ring (bicyclic) bond motifs is 6. The molecule has 2 aliphatic carbocycles. The van der Waals surface area contributed by atoms with Gasteiger partial charge in [-0.1, -0.05) is 36.4 Å². The van der Waals surface area contributed by atoms with Crippen molar-refractivity contribution in [2.45, 2.75) is 12.4 Å². The monoisotopic (exact) mass is 708 g/mol. The van der Waals surface area contributed by atoms with Crippen LogP contribution in [0.15, 0.2) is 83.9 Å². The van der Waals surface area contributed by atoms with E-state index in [1.165, 1.54) is 54.6 Å². The van der Waals surface area contributed by atoms with Crippen LogP contribution in [0.4, 0.5) is 32.0 Å². The smallest absolute Gasteiger partial charge is 0.399 e. The molecule has 0 saturated heterocycles. The second kappa shape index (κ2) is 12.0. The molecular weight excluding hydrogens is 694 g/mol. The maximum absolute atomic E-state index is 14.1. The number of hydrogen-bond acceptors (Lipinski definition) is 8. The largest absolute Gasteiger partial charge is 0.417 e. The van der Waals surface area contributed by atoms with Crippen molar-refractivity contribution in [1.29, 1.82) is 26.3 Å². The number of nitriles is 5. The summed E-state index contributed by atoms with van der Waals surface area (Å²) >= 11 is 0. The molecule has 5 aromatic rings. The summed E-state index contributed by atoms with van der Waals surface area (Å²) in [7, 11) is 0. The molecule has 0 bridgehead atoms. The van der Waals surface area contributed by atoms with Gasteiger partial charge in [0.05, 0.1) is 34.1 Å². The predicted molar refractivity (Wildman–Crippen MR) is 177 cm³/mol. The van der Waals surface area contributed by atoms with Crippen LogP contribution in [0, 0.1) is 56.7 Å². The first-order valence-corrected chi connectivity index (χ1v) is 15.1. The van der Waals surface area contributed by atoms with Gasteiger partial charge in [0.2, 0.25) is 0 Å². The Morgan fingerprint density at radius 1 is 0.491 bits per heavy atom. The zero-order valence-corrected chi connectivity index (χ0v) is 26.4. The highest BCUT2D eigenvalue weighted by Gasteiger charge is 2.39. The van der Waals surface area contributed by atoms with E-state index in [-0.39, 0.29) is 89.7 Å². The lowest BCUT2D eigenvalue weighted by Crippen LogP contribution is -2.08. The van der Waals surface area contributed by atoms with Crippen molar-refractivity contribution in [3.8, 4) is 75.1 Å². The van der Waals surface area contributed by atoms with Gasteiger partial charge in [-0.05, 0) is 69.8 Å². The van der Waals surface area contributed by atoms with Crippen molar-refractivity contribution in [3.63, 3.8) is 0 Å². The first-order chi connectivity index (χ1) is 25.2. The lowest BCUT2D eigenvalue weighted by Gasteiger charge is -2.15. The van der Waals surface area contributed by atoms with Crippen molar-refractivity contribution < 1.29 is 26.3 Å². The number of benzene rings is 4. The summed E-state index contributed by atoms with van der Waals surface area (Å²) in [4.78, 5) is 9.51. The molecule has 2 aliphatic rings. The van der Waals surface area contributed by atoms with E-state index in [0.717, 1.165) is 12.1 Å². The molecule has 1 aromatic heterocycles. The Morgan fingerprint density at radius 3 is 1.32 bits per heavy atom. The number of anilines is 1. The van der Waals surface area contributed by atoms with Crippen LogP contribution in [0.5, 0.6) is 0 Å². The molecule has 0 atom stereocenters. The maximum atomic E-state index is 14.1. The van der Waals surface area contributed by atoms with Crippen LogP contribution in [-0.2, 0) is 12.4 Å². The van der Waals surface area contributed by atoms with E-state index >= 15 is 0 Å². The van der Waals surface area contributed by atoms with Crippen LogP contribution in [-0.4, -0.2) is 9.97 Å². The third kappa shape index (κ3) is 5.29. The third-order valence-corrected chi connectivity index (χ3v) is 8.83. The van der Waals surface area contributed by atoms with Gasteiger partial charge < -0.3 is 5.73 Å². The number of halogens is 6. The molecule has 0 fully saturated rings. The average Bonchev–Trinajstić information content (AvgIpc) is 3.62. The maximum Gasteiger partial charge on any atom is 0.417 e. The summed E-state index contributed by atoms with van der Waals surface area (Å²) in [6.07, 6.45) is -9.61. The fraction of sp³-hybridized carbons (Fsp3) is 0.0513. The van der Waals surface area contributed by atoms with Crippen LogP contribution < -0.4 is 5.73 Å². The first kappa shape index (κ1) is 33.8. The average molecular weight is 709 g/mol. The van der Waals surface area contributed by atoms with Crippen LogP contribution in [0.25, 0.3) is 55.9 Å². The van der Waals surface area contributed by atoms with E-state index in [4.69, 9.17) is 15.7 Å². The summed E-state index contributed by atoms with van der Waals surface area (Å²) in [5, 5.41) is 49.1. The number of aromatic nitrogens is 2. The number of nitrogens with zero attached hydrogens (tertiary/aromatic N) is 7. The van der Waals surface area contributed by atoms with Crippen molar-refractivity contribution in [2.24, 2.45) is 0 Å². The van der Waals surface area contributed by atoms with E-state index < -0.39 is 34.6 Å². The minimum Gasteiger partial charge on any atom is -0.399 e. The second-order valence-electron chi connectivity index (χ2n) is 11.8. The quantitative estimate of drug-likeness (QED) is 0.105. The molecule has 0 radical (unpaired) electrons. The summed E-state index contributed by atoms with van der Waals surface area (Å²) in [6, 6.07) is 23.7. The molecule has 1 heterocycles. The molecule has 8 nitrogen and oxygen atoms in total. The summed E-state index contributed by atoms with van der Waals surface area (Å²) in [6.45, 7) is 0. The highest BCUT2D eigenvalue weighted by Crippen LogP contribution is 2.52. The molecule has 0 spiro atoms. The van der Waals surface area contributed by atoms with Gasteiger partial charge in [-0.15, -0.1) is 0 Å². The van der Waals surface area contributed by atoms with E-state index in [1.807, 2.05) is 12.1 Å². The lowest BCUT2D eigenvalue weighted by atomic mass is 9.93. The minimum absolute atomic E-state index is 0.00880. The summed E-state index contributed by atoms with van der Waals surface area (Å²) in [5.41, 5.74) is 3.02. The topological polar surface area (TPSA) is 171 Å². The zero-order chi connectivity index (χ0) is 38.0. The van der Waals surface area contributed by atoms with Crippen molar-refractivity contribution in [3.05, 3.63) is 123 Å². The van der Waals surface area contributed by atoms with E-state index in [9.17, 15) is 52.7 Å². The van der Waals surface area contributed by atoms with Crippen molar-refractivity contribution in [2.75, 3.05) is 5.73 Å². The Morgan fingerprint density at radius 2 is 0.906 bits per heavy atom. The van der Waals surface area contributed by atoms with Gasteiger partial charge in [0, 0.05) is 28.0 Å². The SMILES string of the molecule is N#CC(C#N)=C1c2cc(-c3ccc(N)cc3C(F)(F)F)ccc2-c2nc3c(nc21)-c1ccc(-c2ccc(C#N)cc2C(F)(F)F)cc1C3=C(C#N)C#N. The number of nitrogens with two attached hydrogens (primary N) is 1. The lowest BCUT2D eigenvalue weighted by molar-refractivity contribution is -0.137. The van der Waals surface area contributed by atoms with E-state index in [1.54, 1.807) is 18.2 Å². The van der Waals surface area contributed by atoms with E-state index in [2.05, 4.69) is 0 Å². The van der Waals surface area contributed by atoms with Gasteiger partial charge in [-0.2, -0.15) is 52.7 Å². The summed E-state index contributed by atoms with van der Waals surface area (Å²) in [5.74, 6) is 0. The Hall–Kier alpha value is -7.73. The molecule has 2 N–H and O–H groups in total. The standard InChI is InChI=1S/C39H14F6N8/c40-38(41,42)30-9-18(13-46)1-5-24(30)19-2-6-26-28(10-19)32(21(14-47)15-48)36-34(26)52-37-33(22(16-49)17-50)29-11-20(3-7-27(29)35(37)53-36)25-8-4-23(51)12-31(25)39(43,44)45/h1-12H,51H2. The number of hydrogen-bond donors (Lipinski definition) is 1. The fourth-order valence-corrected chi connectivity index (χ4v) is 6.59. The van der Waals surface area contributed by atoms with Gasteiger partial charge in [-0.25, -0.2) is 9.97 Å². The number of allylic oxidation sites excluding steroid dienone is 2. The molecule has 0 saturated carbocycles. The molecular formula is C39H14F6N8. The molecule has 14 heteroatoms. The highest BCUT2D eigenvalue weighted by atomic mass is 19.4. The third-order valence-electron chi connectivity index (χ3n) is 8.83. The van der Waals surface area contributed by atoms with Gasteiger partial charge in [-0.3, -0.25) is 0 Å². The van der Waals surface area contributed by atoms with Crippen LogP contribution in [0.3, 0.4) is 0 Å². The normalized spacial score (nSPS) is 12.2. The Bertz CT molecular complexity index is 2740. The molecule has 4 aromatic carbocycles. The van der Waals surface area contributed by atoms with Gasteiger partial charge >= 0.3 is 12.4 Å². The van der Waals surface area contributed by atoms with Crippen molar-refractivity contribution >= 4 is 16.8 Å². The second-order valence-corrected chi connectivity index (χ2v) is 11.8. The van der Waals surface area contributed by atoms with Crippen LogP contribution in [0.2, 0.25) is 0 Å². The van der Waals surface area contributed by atoms with Gasteiger partial charge in [0.25, 0.3) is 0 Å². The zero-order valence-electron chi connectivity index (χ0n) is 26.4. The van der Waals surface area contributed by atoms with Crippen molar-refractivity contribution in [1.82, 2.24) is 9.97 Å². The number of nitrogen functional groups attached to an aromatic ring is 1. The first-order valence-electron chi connectivity index (χ1n) is 15.1. The van der Waals surface area contributed by atoms with Crippen LogP contribution in [0.1, 0.15) is 39.2 Å². The number of alkyl halides is 6. The van der Waals surface area contributed by atoms with Gasteiger partial charge in [0.1, 0.15) is 46.8 Å². The van der Waals surface area contributed by atoms with E-state index in [0.29, 0.717) is 6.07 Å². The Balaban J connectivity index is 1.47. The van der Waals surface area contributed by atoms with Crippen LogP contribution >= 0.6 is 0 Å². The molecule has 252 valence electrons. The molecule has 0 aliphatic heterocycles. The van der Waals surface area contributed by atoms with Gasteiger partial charge in [0.15, 0.2) is 0 Å². The highest BCUT2D eigenvalue weighted by molar-refractivity contribution is 6.07. The molecule has 0 amide bonds. The summed E-state index contributed by atoms with van der Waals surface area (Å²) < 4.78 is 84.7. The molecule has 53 heavy (non-hydrogen) atoms. The molecule has 0 unspecified atom stereocenters. The Kier molecular flexibility index (Phi) is 7.61. The predicted octanol–water partition coefficient (Wildman–Crippen LogP) is 8.96. The Labute approximate surface area is 295 Å². The number of rotatable bonds is 2. The molecule has 7 rings (SSSR count). The fourth-order valence-electron chi connectivity index (χ4n) is 6.59.